The van der Waals surface area contributed by atoms with Crippen LogP contribution in [0.5, 0.6) is 5.75 Å². The molecule has 110 valence electrons. The second kappa shape index (κ2) is 7.45. The van der Waals surface area contributed by atoms with Crippen LogP contribution in [0.15, 0.2) is 54.6 Å². The Kier molecular flexibility index (Phi) is 5.35. The minimum Gasteiger partial charge on any atom is -0.497 e. The minimum atomic E-state index is -0.160. The molecule has 0 aliphatic heterocycles. The summed E-state index contributed by atoms with van der Waals surface area (Å²) >= 11 is 0. The smallest absolute Gasteiger partial charge is 0.234 e. The van der Waals surface area contributed by atoms with E-state index in [1.807, 2.05) is 54.6 Å². The molecule has 2 rings (SSSR count). The molecule has 0 radical (unpaired) electrons. The Bertz CT molecular complexity index is 567. The molecule has 2 aromatic rings. The van der Waals surface area contributed by atoms with Gasteiger partial charge in [0.1, 0.15) is 5.75 Å². The third-order valence-electron chi connectivity index (χ3n) is 3.32. The van der Waals surface area contributed by atoms with Crippen LogP contribution in [0.4, 0.5) is 0 Å². The summed E-state index contributed by atoms with van der Waals surface area (Å²) in [6, 6.07) is 17.7. The normalized spacial score (nSPS) is 11.7. The Labute approximate surface area is 124 Å². The first-order chi connectivity index (χ1) is 10.2. The summed E-state index contributed by atoms with van der Waals surface area (Å²) in [6.07, 6.45) is 0.721. The van der Waals surface area contributed by atoms with Crippen molar-refractivity contribution in [3.8, 4) is 5.75 Å². The SMILES string of the molecule is COc1ccc(C(Cc2ccccc2)NC(=O)CN)cc1. The van der Waals surface area contributed by atoms with Crippen LogP contribution in [0.25, 0.3) is 0 Å². The number of nitrogens with one attached hydrogen (secondary N) is 1. The summed E-state index contributed by atoms with van der Waals surface area (Å²) in [5, 5.41) is 2.96. The summed E-state index contributed by atoms with van der Waals surface area (Å²) in [7, 11) is 1.63. The van der Waals surface area contributed by atoms with Crippen LogP contribution in [0.2, 0.25) is 0 Å². The van der Waals surface area contributed by atoms with E-state index >= 15 is 0 Å². The zero-order valence-corrected chi connectivity index (χ0v) is 12.1. The Morgan fingerprint density at radius 2 is 1.81 bits per heavy atom. The Balaban J connectivity index is 2.19. The van der Waals surface area contributed by atoms with Crippen molar-refractivity contribution in [1.29, 1.82) is 0 Å². The van der Waals surface area contributed by atoms with E-state index in [1.54, 1.807) is 7.11 Å². The van der Waals surface area contributed by atoms with Crippen molar-refractivity contribution in [1.82, 2.24) is 5.32 Å². The number of carbonyl (C=O) groups excluding carboxylic acids is 1. The van der Waals surface area contributed by atoms with Crippen LogP contribution in [-0.4, -0.2) is 19.6 Å². The standard InChI is InChI=1S/C17H20N2O2/c1-21-15-9-7-14(8-10-15)16(19-17(20)12-18)11-13-5-3-2-4-6-13/h2-10,16H,11-12,18H2,1H3,(H,19,20). The number of benzene rings is 2. The molecule has 0 heterocycles. The lowest BCUT2D eigenvalue weighted by Crippen LogP contribution is -2.34. The van der Waals surface area contributed by atoms with Crippen molar-refractivity contribution in [3.05, 3.63) is 65.7 Å². The van der Waals surface area contributed by atoms with Crippen LogP contribution < -0.4 is 15.8 Å². The van der Waals surface area contributed by atoms with Gasteiger partial charge < -0.3 is 15.8 Å². The largest absolute Gasteiger partial charge is 0.497 e. The molecule has 0 aliphatic carbocycles. The van der Waals surface area contributed by atoms with Gasteiger partial charge in [0.2, 0.25) is 5.91 Å². The number of methoxy groups -OCH3 is 1. The number of hydrogen-bond acceptors (Lipinski definition) is 3. The van der Waals surface area contributed by atoms with Crippen molar-refractivity contribution in [2.45, 2.75) is 12.5 Å². The lowest BCUT2D eigenvalue weighted by atomic mass is 9.98. The first kappa shape index (κ1) is 15.1. The molecule has 0 saturated carbocycles. The van der Waals surface area contributed by atoms with Gasteiger partial charge in [-0.1, -0.05) is 42.5 Å². The van der Waals surface area contributed by atoms with Crippen LogP contribution in [0, 0.1) is 0 Å². The maximum Gasteiger partial charge on any atom is 0.234 e. The van der Waals surface area contributed by atoms with Gasteiger partial charge in [0.25, 0.3) is 0 Å². The quantitative estimate of drug-likeness (QED) is 0.853. The molecule has 1 amide bonds. The third-order valence-corrected chi connectivity index (χ3v) is 3.32. The summed E-state index contributed by atoms with van der Waals surface area (Å²) in [4.78, 5) is 11.6. The first-order valence-electron chi connectivity index (χ1n) is 6.90. The van der Waals surface area contributed by atoms with Gasteiger partial charge in [0.05, 0.1) is 19.7 Å². The van der Waals surface area contributed by atoms with E-state index in [2.05, 4.69) is 5.32 Å². The molecule has 0 bridgehead atoms. The topological polar surface area (TPSA) is 64.3 Å². The number of nitrogens with two attached hydrogens (primary N) is 1. The number of carbonyl (C=O) groups is 1. The average molecular weight is 284 g/mol. The van der Waals surface area contributed by atoms with E-state index in [9.17, 15) is 4.79 Å². The fourth-order valence-electron chi connectivity index (χ4n) is 2.19. The average Bonchev–Trinajstić information content (AvgIpc) is 2.55. The van der Waals surface area contributed by atoms with Gasteiger partial charge in [-0.25, -0.2) is 0 Å². The van der Waals surface area contributed by atoms with Crippen molar-refractivity contribution in [2.75, 3.05) is 13.7 Å². The van der Waals surface area contributed by atoms with Crippen molar-refractivity contribution in [3.63, 3.8) is 0 Å². The Morgan fingerprint density at radius 1 is 1.14 bits per heavy atom. The highest BCUT2D eigenvalue weighted by Crippen LogP contribution is 2.21. The summed E-state index contributed by atoms with van der Waals surface area (Å²) < 4.78 is 5.16. The lowest BCUT2D eigenvalue weighted by molar-refractivity contribution is -0.120. The molecule has 4 heteroatoms. The number of rotatable bonds is 6. The lowest BCUT2D eigenvalue weighted by Gasteiger charge is -2.19. The predicted molar refractivity (Wildman–Crippen MR) is 83.1 cm³/mol. The van der Waals surface area contributed by atoms with Crippen molar-refractivity contribution < 1.29 is 9.53 Å². The van der Waals surface area contributed by atoms with Crippen molar-refractivity contribution in [2.24, 2.45) is 5.73 Å². The first-order valence-corrected chi connectivity index (χ1v) is 6.90. The van der Waals surface area contributed by atoms with Gasteiger partial charge in [-0.05, 0) is 29.7 Å². The summed E-state index contributed by atoms with van der Waals surface area (Å²) in [5.74, 6) is 0.633. The van der Waals surface area contributed by atoms with Gasteiger partial charge in [0, 0.05) is 0 Å². The predicted octanol–water partition coefficient (Wildman–Crippen LogP) is 2.05. The molecule has 0 saturated heterocycles. The van der Waals surface area contributed by atoms with Crippen LogP contribution in [0.3, 0.4) is 0 Å². The summed E-state index contributed by atoms with van der Waals surface area (Å²) in [6.45, 7) is -0.0125. The molecule has 1 atom stereocenters. The van der Waals surface area contributed by atoms with Crippen LogP contribution in [-0.2, 0) is 11.2 Å². The highest BCUT2D eigenvalue weighted by Gasteiger charge is 2.14. The van der Waals surface area contributed by atoms with E-state index in [4.69, 9.17) is 10.5 Å². The van der Waals surface area contributed by atoms with Gasteiger partial charge in [-0.3, -0.25) is 4.79 Å². The van der Waals surface area contributed by atoms with Gasteiger partial charge in [0.15, 0.2) is 0 Å². The molecular formula is C17H20N2O2. The van der Waals surface area contributed by atoms with Gasteiger partial charge in [-0.15, -0.1) is 0 Å². The molecular weight excluding hydrogens is 264 g/mol. The molecule has 1 unspecified atom stereocenters. The maximum absolute atomic E-state index is 11.6. The van der Waals surface area contributed by atoms with E-state index in [1.165, 1.54) is 0 Å². The number of ether oxygens (including phenoxy) is 1. The minimum absolute atomic E-state index is 0.0125. The van der Waals surface area contributed by atoms with Crippen molar-refractivity contribution >= 4 is 5.91 Å². The van der Waals surface area contributed by atoms with Gasteiger partial charge in [-0.2, -0.15) is 0 Å². The summed E-state index contributed by atoms with van der Waals surface area (Å²) in [5.41, 5.74) is 7.60. The highest BCUT2D eigenvalue weighted by molar-refractivity contribution is 5.78. The molecule has 0 spiro atoms. The molecule has 3 N–H and O–H groups in total. The van der Waals surface area contributed by atoms with E-state index in [0.29, 0.717) is 0 Å². The van der Waals surface area contributed by atoms with E-state index in [-0.39, 0.29) is 18.5 Å². The second-order valence-electron chi connectivity index (χ2n) is 4.79. The molecule has 2 aromatic carbocycles. The van der Waals surface area contributed by atoms with E-state index in [0.717, 1.165) is 23.3 Å². The molecule has 0 aromatic heterocycles. The fourth-order valence-corrected chi connectivity index (χ4v) is 2.19. The van der Waals surface area contributed by atoms with Gasteiger partial charge >= 0.3 is 0 Å². The molecule has 0 aliphatic rings. The molecule has 4 nitrogen and oxygen atoms in total. The number of hydrogen-bond donors (Lipinski definition) is 2. The Morgan fingerprint density at radius 3 is 2.38 bits per heavy atom. The second-order valence-corrected chi connectivity index (χ2v) is 4.79. The maximum atomic E-state index is 11.6. The van der Waals surface area contributed by atoms with E-state index < -0.39 is 0 Å². The zero-order valence-electron chi connectivity index (χ0n) is 12.1. The highest BCUT2D eigenvalue weighted by atomic mass is 16.5. The van der Waals surface area contributed by atoms with Crippen LogP contribution >= 0.6 is 0 Å². The monoisotopic (exact) mass is 284 g/mol. The zero-order chi connectivity index (χ0) is 15.1. The fraction of sp³-hybridized carbons (Fsp3) is 0.235. The third kappa shape index (κ3) is 4.33. The molecule has 21 heavy (non-hydrogen) atoms. The Hall–Kier alpha value is -2.33. The van der Waals surface area contributed by atoms with Crippen LogP contribution in [0.1, 0.15) is 17.2 Å². The number of amides is 1. The molecule has 0 fully saturated rings.